The van der Waals surface area contributed by atoms with Gasteiger partial charge in [-0.3, -0.25) is 0 Å². The summed E-state index contributed by atoms with van der Waals surface area (Å²) in [7, 11) is 1.39. The predicted octanol–water partition coefficient (Wildman–Crippen LogP) is 4.35. The number of esters is 1. The molecule has 0 spiro atoms. The molecular weight excluding hydrogens is 276 g/mol. The van der Waals surface area contributed by atoms with Crippen LogP contribution in [0.2, 0.25) is 0 Å². The lowest BCUT2D eigenvalue weighted by Gasteiger charge is -2.23. The summed E-state index contributed by atoms with van der Waals surface area (Å²) in [5.41, 5.74) is 2.51. The van der Waals surface area contributed by atoms with Crippen LogP contribution in [0.3, 0.4) is 0 Å². The van der Waals surface area contributed by atoms with Crippen LogP contribution in [0.4, 0.5) is 0 Å². The molecule has 3 heteroatoms. The van der Waals surface area contributed by atoms with Gasteiger partial charge in [-0.15, -0.1) is 0 Å². The highest BCUT2D eigenvalue weighted by Crippen LogP contribution is 2.33. The number of carbonyl (C=O) groups is 1. The molecule has 0 unspecified atom stereocenters. The molecule has 2 rings (SSSR count). The molecule has 0 aliphatic carbocycles. The molecule has 0 saturated heterocycles. The first kappa shape index (κ1) is 16.1. The van der Waals surface area contributed by atoms with Gasteiger partial charge in [0.25, 0.3) is 0 Å². The van der Waals surface area contributed by atoms with E-state index < -0.39 is 0 Å². The average molecular weight is 298 g/mol. The van der Waals surface area contributed by atoms with E-state index in [9.17, 15) is 4.79 Å². The van der Waals surface area contributed by atoms with Crippen molar-refractivity contribution in [1.82, 2.24) is 0 Å². The minimum absolute atomic E-state index is 0.129. The lowest BCUT2D eigenvalue weighted by Crippen LogP contribution is -2.15. The normalized spacial score (nSPS) is 11.1. The summed E-state index contributed by atoms with van der Waals surface area (Å²) in [5.74, 6) is 0.462. The van der Waals surface area contributed by atoms with Crippen molar-refractivity contribution < 1.29 is 14.3 Å². The maximum atomic E-state index is 11.7. The lowest BCUT2D eigenvalue weighted by atomic mass is 9.85. The Kier molecular flexibility index (Phi) is 4.86. The van der Waals surface area contributed by atoms with Gasteiger partial charge >= 0.3 is 5.97 Å². The van der Waals surface area contributed by atoms with Gasteiger partial charge in [0.2, 0.25) is 0 Å². The van der Waals surface area contributed by atoms with Crippen molar-refractivity contribution in [2.75, 3.05) is 7.11 Å². The van der Waals surface area contributed by atoms with E-state index in [-0.39, 0.29) is 11.4 Å². The molecule has 3 nitrogen and oxygen atoms in total. The van der Waals surface area contributed by atoms with Crippen molar-refractivity contribution in [1.29, 1.82) is 0 Å². The largest absolute Gasteiger partial charge is 0.489 e. The van der Waals surface area contributed by atoms with Gasteiger partial charge < -0.3 is 9.47 Å². The Labute approximate surface area is 131 Å². The van der Waals surface area contributed by atoms with Crippen LogP contribution in [-0.4, -0.2) is 13.1 Å². The van der Waals surface area contributed by atoms with Crippen LogP contribution < -0.4 is 4.74 Å². The van der Waals surface area contributed by atoms with E-state index >= 15 is 0 Å². The minimum atomic E-state index is -0.333. The monoisotopic (exact) mass is 298 g/mol. The molecule has 0 heterocycles. The first-order chi connectivity index (χ1) is 10.4. The molecule has 0 aliphatic rings. The Hall–Kier alpha value is -2.29. The summed E-state index contributed by atoms with van der Waals surface area (Å²) in [5, 5.41) is 0. The summed E-state index contributed by atoms with van der Waals surface area (Å²) in [6.07, 6.45) is 0. The zero-order chi connectivity index (χ0) is 16.2. The number of hydrogen-bond donors (Lipinski definition) is 0. The van der Waals surface area contributed by atoms with E-state index in [0.717, 1.165) is 16.9 Å². The van der Waals surface area contributed by atoms with Crippen LogP contribution in [-0.2, 0) is 16.8 Å². The molecular formula is C19H22O3. The van der Waals surface area contributed by atoms with Crippen LogP contribution >= 0.6 is 0 Å². The smallest absolute Gasteiger partial charge is 0.337 e. The highest BCUT2D eigenvalue weighted by atomic mass is 16.5. The molecule has 116 valence electrons. The quantitative estimate of drug-likeness (QED) is 0.787. The molecule has 0 N–H and O–H groups in total. The minimum Gasteiger partial charge on any atom is -0.489 e. The van der Waals surface area contributed by atoms with Gasteiger partial charge in [-0.25, -0.2) is 4.79 Å². The van der Waals surface area contributed by atoms with E-state index in [4.69, 9.17) is 9.47 Å². The van der Waals surface area contributed by atoms with Gasteiger partial charge in [-0.2, -0.15) is 0 Å². The fraction of sp³-hybridized carbons (Fsp3) is 0.316. The predicted molar refractivity (Wildman–Crippen MR) is 87.3 cm³/mol. The molecule has 22 heavy (non-hydrogen) atoms. The van der Waals surface area contributed by atoms with E-state index in [2.05, 4.69) is 20.8 Å². The molecule has 0 fully saturated rings. The number of ether oxygens (including phenoxy) is 2. The Morgan fingerprint density at radius 1 is 1.05 bits per heavy atom. The second-order valence-corrected chi connectivity index (χ2v) is 6.23. The van der Waals surface area contributed by atoms with Crippen LogP contribution in [0.1, 0.15) is 42.3 Å². The molecule has 0 aromatic heterocycles. The molecule has 2 aromatic rings. The zero-order valence-electron chi connectivity index (χ0n) is 13.6. The Bertz CT molecular complexity index is 639. The van der Waals surface area contributed by atoms with Gasteiger partial charge in [0.05, 0.1) is 12.7 Å². The van der Waals surface area contributed by atoms with Crippen molar-refractivity contribution in [3.05, 3.63) is 65.2 Å². The second kappa shape index (κ2) is 6.65. The van der Waals surface area contributed by atoms with E-state index in [1.807, 2.05) is 42.5 Å². The van der Waals surface area contributed by atoms with Gasteiger partial charge in [-0.05, 0) is 29.2 Å². The number of hydrogen-bond acceptors (Lipinski definition) is 3. The zero-order valence-corrected chi connectivity index (χ0v) is 13.6. The Balaban J connectivity index is 2.28. The molecule has 0 atom stereocenters. The first-order valence-corrected chi connectivity index (χ1v) is 7.31. The summed E-state index contributed by atoms with van der Waals surface area (Å²) < 4.78 is 10.8. The maximum Gasteiger partial charge on any atom is 0.337 e. The van der Waals surface area contributed by atoms with Gasteiger partial charge in [0.15, 0.2) is 0 Å². The topological polar surface area (TPSA) is 35.5 Å². The summed E-state index contributed by atoms with van der Waals surface area (Å²) in [6, 6.07) is 15.4. The second-order valence-electron chi connectivity index (χ2n) is 6.23. The summed E-state index contributed by atoms with van der Waals surface area (Å²) >= 11 is 0. The highest BCUT2D eigenvalue weighted by Gasteiger charge is 2.21. The van der Waals surface area contributed by atoms with Crippen molar-refractivity contribution >= 4 is 5.97 Å². The fourth-order valence-corrected chi connectivity index (χ4v) is 2.22. The lowest BCUT2D eigenvalue weighted by molar-refractivity contribution is 0.0600. The van der Waals surface area contributed by atoms with Crippen LogP contribution in [0.15, 0.2) is 48.5 Å². The van der Waals surface area contributed by atoms with E-state index in [1.165, 1.54) is 7.11 Å². The van der Waals surface area contributed by atoms with E-state index in [1.54, 1.807) is 6.07 Å². The van der Waals surface area contributed by atoms with Gasteiger partial charge in [0.1, 0.15) is 12.4 Å². The molecule has 0 saturated carbocycles. The summed E-state index contributed by atoms with van der Waals surface area (Å²) in [4.78, 5) is 11.7. The van der Waals surface area contributed by atoms with Crippen LogP contribution in [0.25, 0.3) is 0 Å². The third kappa shape index (κ3) is 3.88. The number of carbonyl (C=O) groups excluding carboxylic acids is 1. The highest BCUT2D eigenvalue weighted by molar-refractivity contribution is 5.89. The van der Waals surface area contributed by atoms with Gasteiger partial charge in [-0.1, -0.05) is 51.1 Å². The van der Waals surface area contributed by atoms with Crippen molar-refractivity contribution in [2.24, 2.45) is 0 Å². The number of methoxy groups -OCH3 is 1. The maximum absolute atomic E-state index is 11.7. The standard InChI is InChI=1S/C19H22O3/c1-19(2,3)16-12-15(18(20)21-4)10-11-17(16)22-13-14-8-6-5-7-9-14/h5-12H,13H2,1-4H3. The van der Waals surface area contributed by atoms with Crippen molar-refractivity contribution in [3.63, 3.8) is 0 Å². The SMILES string of the molecule is COC(=O)c1ccc(OCc2ccccc2)c(C(C)(C)C)c1. The van der Waals surface area contributed by atoms with Crippen LogP contribution in [0.5, 0.6) is 5.75 Å². The first-order valence-electron chi connectivity index (χ1n) is 7.31. The van der Waals surface area contributed by atoms with Crippen molar-refractivity contribution in [2.45, 2.75) is 32.8 Å². The molecule has 0 radical (unpaired) electrons. The molecule has 2 aromatic carbocycles. The Morgan fingerprint density at radius 2 is 1.73 bits per heavy atom. The van der Waals surface area contributed by atoms with Crippen molar-refractivity contribution in [3.8, 4) is 5.75 Å². The molecule has 0 aliphatic heterocycles. The van der Waals surface area contributed by atoms with E-state index in [0.29, 0.717) is 12.2 Å². The molecule has 0 amide bonds. The third-order valence-corrected chi connectivity index (χ3v) is 3.45. The van der Waals surface area contributed by atoms with Crippen LogP contribution in [0, 0.1) is 0 Å². The molecule has 0 bridgehead atoms. The van der Waals surface area contributed by atoms with Gasteiger partial charge in [0, 0.05) is 5.56 Å². The average Bonchev–Trinajstić information content (AvgIpc) is 2.52. The summed E-state index contributed by atoms with van der Waals surface area (Å²) in [6.45, 7) is 6.79. The number of benzene rings is 2. The fourth-order valence-electron chi connectivity index (χ4n) is 2.22. The third-order valence-electron chi connectivity index (χ3n) is 3.45. The Morgan fingerprint density at radius 3 is 2.32 bits per heavy atom. The number of rotatable bonds is 4.